The Morgan fingerprint density at radius 2 is 2.14 bits per heavy atom. The van der Waals surface area contributed by atoms with E-state index in [1.807, 2.05) is 0 Å². The fraction of sp³-hybridized carbons (Fsp3) is 0. The largest absolute Gasteiger partial charge is 0.321 e. The summed E-state index contributed by atoms with van der Waals surface area (Å²) in [5.74, 6) is 0.360. The standard InChI is InChI=1S/C13H9BrN6O/c14-12-10(2-1-5-16-12)13(21)19-9-3-4-11(17-6-9)20-8-15-7-18-20/h1-8H,(H,19,21). The van der Waals surface area contributed by atoms with Crippen LogP contribution in [0.25, 0.3) is 5.82 Å². The van der Waals surface area contributed by atoms with E-state index < -0.39 is 0 Å². The number of hydrogen-bond acceptors (Lipinski definition) is 5. The number of rotatable bonds is 3. The summed E-state index contributed by atoms with van der Waals surface area (Å²) in [5, 5.41) is 6.73. The summed E-state index contributed by atoms with van der Waals surface area (Å²) in [7, 11) is 0. The van der Waals surface area contributed by atoms with Gasteiger partial charge in [0.05, 0.1) is 17.4 Å². The SMILES string of the molecule is O=C(Nc1ccc(-n2cncn2)nc1)c1cccnc1Br. The molecule has 8 heteroatoms. The van der Waals surface area contributed by atoms with Gasteiger partial charge in [-0.2, -0.15) is 5.10 Å². The number of pyridine rings is 2. The van der Waals surface area contributed by atoms with Gasteiger partial charge in [0.1, 0.15) is 17.3 Å². The number of amides is 1. The predicted molar refractivity (Wildman–Crippen MR) is 79.0 cm³/mol. The summed E-state index contributed by atoms with van der Waals surface area (Å²) in [6.07, 6.45) is 6.14. The second kappa shape index (κ2) is 5.80. The van der Waals surface area contributed by atoms with E-state index in [1.54, 1.807) is 43.0 Å². The molecule has 0 radical (unpaired) electrons. The van der Waals surface area contributed by atoms with Crippen molar-refractivity contribution in [2.75, 3.05) is 5.32 Å². The van der Waals surface area contributed by atoms with E-state index in [4.69, 9.17) is 0 Å². The predicted octanol–water partition coefficient (Wildman–Crippen LogP) is 2.07. The molecule has 0 atom stereocenters. The normalized spacial score (nSPS) is 10.3. The fourth-order valence-corrected chi connectivity index (χ4v) is 2.11. The number of carbonyl (C=O) groups excluding carboxylic acids is 1. The number of anilines is 1. The topological polar surface area (TPSA) is 85.6 Å². The van der Waals surface area contributed by atoms with Crippen molar-refractivity contribution in [2.45, 2.75) is 0 Å². The van der Waals surface area contributed by atoms with Gasteiger partial charge in [-0.1, -0.05) is 0 Å². The summed E-state index contributed by atoms with van der Waals surface area (Å²) >= 11 is 3.24. The average molecular weight is 345 g/mol. The third-order valence-electron chi connectivity index (χ3n) is 2.66. The molecule has 3 rings (SSSR count). The molecule has 0 unspecified atom stereocenters. The van der Waals surface area contributed by atoms with Crippen molar-refractivity contribution >= 4 is 27.5 Å². The number of halogens is 1. The molecule has 3 aromatic rings. The highest BCUT2D eigenvalue weighted by Gasteiger charge is 2.10. The van der Waals surface area contributed by atoms with Gasteiger partial charge >= 0.3 is 0 Å². The summed E-state index contributed by atoms with van der Waals surface area (Å²) in [6.45, 7) is 0. The molecule has 0 saturated carbocycles. The zero-order chi connectivity index (χ0) is 14.7. The van der Waals surface area contributed by atoms with Crippen molar-refractivity contribution in [3.8, 4) is 5.82 Å². The van der Waals surface area contributed by atoms with E-state index in [-0.39, 0.29) is 5.91 Å². The van der Waals surface area contributed by atoms with Gasteiger partial charge in [-0.25, -0.2) is 19.6 Å². The van der Waals surface area contributed by atoms with Crippen LogP contribution in [0.2, 0.25) is 0 Å². The second-order valence-electron chi connectivity index (χ2n) is 4.04. The lowest BCUT2D eigenvalue weighted by atomic mass is 10.2. The molecule has 0 saturated heterocycles. The van der Waals surface area contributed by atoms with Gasteiger partial charge in [0.15, 0.2) is 5.82 Å². The molecule has 0 aliphatic rings. The van der Waals surface area contributed by atoms with Crippen LogP contribution in [0, 0.1) is 0 Å². The molecule has 0 fully saturated rings. The molecular formula is C13H9BrN6O. The summed E-state index contributed by atoms with van der Waals surface area (Å²) in [4.78, 5) is 24.2. The lowest BCUT2D eigenvalue weighted by Crippen LogP contribution is -2.13. The highest BCUT2D eigenvalue weighted by atomic mass is 79.9. The van der Waals surface area contributed by atoms with Gasteiger partial charge in [0.25, 0.3) is 5.91 Å². The van der Waals surface area contributed by atoms with E-state index >= 15 is 0 Å². The first-order valence-corrected chi connectivity index (χ1v) is 6.76. The molecule has 104 valence electrons. The molecule has 0 bridgehead atoms. The molecule has 21 heavy (non-hydrogen) atoms. The number of nitrogens with zero attached hydrogens (tertiary/aromatic N) is 5. The highest BCUT2D eigenvalue weighted by Crippen LogP contribution is 2.15. The minimum atomic E-state index is -0.259. The minimum Gasteiger partial charge on any atom is -0.321 e. The zero-order valence-electron chi connectivity index (χ0n) is 10.6. The highest BCUT2D eigenvalue weighted by molar-refractivity contribution is 9.10. The Hall–Kier alpha value is -2.61. The fourth-order valence-electron chi connectivity index (χ4n) is 1.68. The first-order chi connectivity index (χ1) is 10.2. The van der Waals surface area contributed by atoms with E-state index in [9.17, 15) is 4.79 Å². The van der Waals surface area contributed by atoms with Crippen LogP contribution in [0.3, 0.4) is 0 Å². The van der Waals surface area contributed by atoms with Crippen LogP contribution in [-0.2, 0) is 0 Å². The Balaban J connectivity index is 1.77. The monoisotopic (exact) mass is 344 g/mol. The number of nitrogens with one attached hydrogen (secondary N) is 1. The molecular weight excluding hydrogens is 336 g/mol. The first-order valence-electron chi connectivity index (χ1n) is 5.97. The second-order valence-corrected chi connectivity index (χ2v) is 4.79. The summed E-state index contributed by atoms with van der Waals surface area (Å²) in [5.41, 5.74) is 1.04. The Bertz CT molecular complexity index is 757. The van der Waals surface area contributed by atoms with Crippen molar-refractivity contribution < 1.29 is 4.79 Å². The summed E-state index contributed by atoms with van der Waals surface area (Å²) in [6, 6.07) is 6.87. The van der Waals surface area contributed by atoms with E-state index in [0.717, 1.165) is 0 Å². The van der Waals surface area contributed by atoms with Crippen LogP contribution in [0.5, 0.6) is 0 Å². The Kier molecular flexibility index (Phi) is 3.69. The Morgan fingerprint density at radius 3 is 2.81 bits per heavy atom. The Labute approximate surface area is 128 Å². The van der Waals surface area contributed by atoms with Crippen LogP contribution in [0.4, 0.5) is 5.69 Å². The van der Waals surface area contributed by atoms with Crippen molar-refractivity contribution in [1.82, 2.24) is 24.7 Å². The third-order valence-corrected chi connectivity index (χ3v) is 3.29. The van der Waals surface area contributed by atoms with Crippen LogP contribution in [-0.4, -0.2) is 30.6 Å². The van der Waals surface area contributed by atoms with Gasteiger partial charge in [-0.3, -0.25) is 4.79 Å². The zero-order valence-corrected chi connectivity index (χ0v) is 12.2. The maximum atomic E-state index is 12.1. The molecule has 0 aliphatic heterocycles. The first kappa shape index (κ1) is 13.4. The maximum Gasteiger partial charge on any atom is 0.258 e. The molecule has 3 heterocycles. The number of hydrogen-bond donors (Lipinski definition) is 1. The van der Waals surface area contributed by atoms with Crippen molar-refractivity contribution in [1.29, 1.82) is 0 Å². The van der Waals surface area contributed by atoms with Gasteiger partial charge in [0.2, 0.25) is 0 Å². The lowest BCUT2D eigenvalue weighted by molar-refractivity contribution is 0.102. The van der Waals surface area contributed by atoms with Crippen molar-refractivity contribution in [3.05, 3.63) is 59.5 Å². The summed E-state index contributed by atoms with van der Waals surface area (Å²) < 4.78 is 2.03. The Morgan fingerprint density at radius 1 is 1.24 bits per heavy atom. The van der Waals surface area contributed by atoms with Crippen LogP contribution >= 0.6 is 15.9 Å². The molecule has 0 aliphatic carbocycles. The maximum absolute atomic E-state index is 12.1. The minimum absolute atomic E-state index is 0.259. The van der Waals surface area contributed by atoms with Gasteiger partial charge < -0.3 is 5.32 Å². The molecule has 3 aromatic heterocycles. The van der Waals surface area contributed by atoms with Gasteiger partial charge in [0, 0.05) is 6.20 Å². The van der Waals surface area contributed by atoms with Crippen molar-refractivity contribution in [2.24, 2.45) is 0 Å². The van der Waals surface area contributed by atoms with E-state index in [1.165, 1.54) is 11.0 Å². The van der Waals surface area contributed by atoms with E-state index in [2.05, 4.69) is 41.3 Å². The van der Waals surface area contributed by atoms with Gasteiger partial charge in [-0.15, -0.1) is 0 Å². The molecule has 0 aromatic carbocycles. The average Bonchev–Trinajstić information content (AvgIpc) is 3.02. The number of aromatic nitrogens is 5. The van der Waals surface area contributed by atoms with E-state index in [0.29, 0.717) is 21.7 Å². The van der Waals surface area contributed by atoms with Crippen LogP contribution in [0.15, 0.2) is 53.9 Å². The van der Waals surface area contributed by atoms with Crippen LogP contribution in [0.1, 0.15) is 10.4 Å². The number of carbonyl (C=O) groups is 1. The molecule has 1 N–H and O–H groups in total. The van der Waals surface area contributed by atoms with Gasteiger partial charge in [-0.05, 0) is 40.2 Å². The van der Waals surface area contributed by atoms with Crippen molar-refractivity contribution in [3.63, 3.8) is 0 Å². The third kappa shape index (κ3) is 2.95. The quantitative estimate of drug-likeness (QED) is 0.735. The molecule has 1 amide bonds. The molecule has 7 nitrogen and oxygen atoms in total. The molecule has 0 spiro atoms. The lowest BCUT2D eigenvalue weighted by Gasteiger charge is -2.06. The smallest absolute Gasteiger partial charge is 0.258 e. The van der Waals surface area contributed by atoms with Crippen LogP contribution < -0.4 is 5.32 Å².